The Morgan fingerprint density at radius 3 is 2.94 bits per heavy atom. The van der Waals surface area contributed by atoms with Crippen molar-refractivity contribution in [3.05, 3.63) is 47.1 Å². The summed E-state index contributed by atoms with van der Waals surface area (Å²) in [4.78, 5) is 8.04. The Balaban J connectivity index is 2.27. The molecule has 2 rings (SSSR count). The van der Waals surface area contributed by atoms with E-state index in [-0.39, 0.29) is 12.2 Å². The zero-order chi connectivity index (χ0) is 12.3. The molecular formula is C11H10ClFN4. The van der Waals surface area contributed by atoms with Crippen LogP contribution in [0.25, 0.3) is 0 Å². The fourth-order valence-electron chi connectivity index (χ4n) is 1.30. The predicted octanol–water partition coefficient (Wildman–Crippen LogP) is 2.47. The SMILES string of the molecule is NCc1nccc(Nc2cc(Cl)ccc2F)n1. The van der Waals surface area contributed by atoms with E-state index in [9.17, 15) is 4.39 Å². The van der Waals surface area contributed by atoms with Crippen LogP contribution in [-0.2, 0) is 6.54 Å². The number of aromatic nitrogens is 2. The van der Waals surface area contributed by atoms with Crippen LogP contribution in [0.5, 0.6) is 0 Å². The topological polar surface area (TPSA) is 63.8 Å². The molecule has 3 N–H and O–H groups in total. The molecule has 1 aromatic carbocycles. The van der Waals surface area contributed by atoms with Crippen LogP contribution in [0.2, 0.25) is 5.02 Å². The fraction of sp³-hybridized carbons (Fsp3) is 0.0909. The highest BCUT2D eigenvalue weighted by molar-refractivity contribution is 6.30. The molecule has 2 aromatic rings. The number of halogens is 2. The van der Waals surface area contributed by atoms with Gasteiger partial charge in [-0.15, -0.1) is 0 Å². The first-order valence-corrected chi connectivity index (χ1v) is 5.31. The van der Waals surface area contributed by atoms with Crippen molar-refractivity contribution in [2.45, 2.75) is 6.54 Å². The van der Waals surface area contributed by atoms with Gasteiger partial charge in [-0.2, -0.15) is 0 Å². The molecule has 17 heavy (non-hydrogen) atoms. The maximum atomic E-state index is 13.4. The van der Waals surface area contributed by atoms with Crippen molar-refractivity contribution in [3.63, 3.8) is 0 Å². The summed E-state index contributed by atoms with van der Waals surface area (Å²) in [5.74, 6) is 0.557. The summed E-state index contributed by atoms with van der Waals surface area (Å²) < 4.78 is 13.4. The number of hydrogen-bond acceptors (Lipinski definition) is 4. The molecule has 0 aliphatic heterocycles. The molecule has 6 heteroatoms. The molecule has 0 spiro atoms. The zero-order valence-electron chi connectivity index (χ0n) is 8.82. The number of nitrogens with one attached hydrogen (secondary N) is 1. The number of hydrogen-bond donors (Lipinski definition) is 2. The highest BCUT2D eigenvalue weighted by atomic mass is 35.5. The molecule has 88 valence electrons. The molecule has 0 radical (unpaired) electrons. The van der Waals surface area contributed by atoms with Gasteiger partial charge < -0.3 is 11.1 Å². The van der Waals surface area contributed by atoms with Crippen molar-refractivity contribution in [2.24, 2.45) is 5.73 Å². The lowest BCUT2D eigenvalue weighted by Gasteiger charge is -2.07. The molecule has 0 saturated carbocycles. The van der Waals surface area contributed by atoms with Crippen LogP contribution in [-0.4, -0.2) is 9.97 Å². The molecule has 1 aromatic heterocycles. The minimum absolute atomic E-state index is 0.230. The average Bonchev–Trinajstić information content (AvgIpc) is 2.34. The number of nitrogens with zero attached hydrogens (tertiary/aromatic N) is 2. The molecule has 0 amide bonds. The maximum Gasteiger partial charge on any atom is 0.146 e. The first-order valence-electron chi connectivity index (χ1n) is 4.93. The van der Waals surface area contributed by atoms with E-state index < -0.39 is 5.82 Å². The van der Waals surface area contributed by atoms with Crippen molar-refractivity contribution in [1.29, 1.82) is 0 Å². The van der Waals surface area contributed by atoms with Gasteiger partial charge >= 0.3 is 0 Å². The van der Waals surface area contributed by atoms with Crippen LogP contribution >= 0.6 is 11.6 Å². The smallest absolute Gasteiger partial charge is 0.146 e. The Labute approximate surface area is 103 Å². The van der Waals surface area contributed by atoms with Gasteiger partial charge in [0.05, 0.1) is 12.2 Å². The van der Waals surface area contributed by atoms with Crippen LogP contribution in [0, 0.1) is 5.82 Å². The van der Waals surface area contributed by atoms with Gasteiger partial charge in [-0.25, -0.2) is 14.4 Å². The van der Waals surface area contributed by atoms with Gasteiger partial charge in [-0.1, -0.05) is 11.6 Å². The van der Waals surface area contributed by atoms with Crippen molar-refractivity contribution in [1.82, 2.24) is 9.97 Å². The van der Waals surface area contributed by atoms with Gasteiger partial charge in [0, 0.05) is 11.2 Å². The van der Waals surface area contributed by atoms with E-state index in [0.29, 0.717) is 16.7 Å². The molecule has 1 heterocycles. The first-order chi connectivity index (χ1) is 8.19. The lowest BCUT2D eigenvalue weighted by Crippen LogP contribution is -2.05. The van der Waals surface area contributed by atoms with Crippen LogP contribution < -0.4 is 11.1 Å². The highest BCUT2D eigenvalue weighted by Gasteiger charge is 2.04. The monoisotopic (exact) mass is 252 g/mol. The predicted molar refractivity (Wildman–Crippen MR) is 64.6 cm³/mol. The lowest BCUT2D eigenvalue weighted by atomic mass is 10.3. The summed E-state index contributed by atoms with van der Waals surface area (Å²) >= 11 is 5.78. The van der Waals surface area contributed by atoms with E-state index in [0.717, 1.165) is 0 Å². The van der Waals surface area contributed by atoms with Crippen LogP contribution in [0.1, 0.15) is 5.82 Å². The number of anilines is 2. The summed E-state index contributed by atoms with van der Waals surface area (Å²) in [6.07, 6.45) is 1.56. The molecule has 0 bridgehead atoms. The van der Waals surface area contributed by atoms with Gasteiger partial charge in [0.15, 0.2) is 0 Å². The largest absolute Gasteiger partial charge is 0.338 e. The van der Waals surface area contributed by atoms with E-state index >= 15 is 0 Å². The second-order valence-corrected chi connectivity index (χ2v) is 3.75. The Hall–Kier alpha value is -1.72. The standard InChI is InChI=1S/C11H10ClFN4/c12-7-1-2-8(13)9(5-7)16-10-3-4-15-11(6-14)17-10/h1-5H,6,14H2,(H,15,16,17). The van der Waals surface area contributed by atoms with E-state index in [4.69, 9.17) is 17.3 Å². The third kappa shape index (κ3) is 2.89. The van der Waals surface area contributed by atoms with Gasteiger partial charge in [0.1, 0.15) is 17.5 Å². The van der Waals surface area contributed by atoms with Crippen LogP contribution in [0.15, 0.2) is 30.5 Å². The number of rotatable bonds is 3. The fourth-order valence-corrected chi connectivity index (χ4v) is 1.47. The first kappa shape index (κ1) is 11.8. The van der Waals surface area contributed by atoms with Crippen LogP contribution in [0.3, 0.4) is 0 Å². The summed E-state index contributed by atoms with van der Waals surface area (Å²) in [6.45, 7) is 0.230. The number of nitrogens with two attached hydrogens (primary N) is 1. The summed E-state index contributed by atoms with van der Waals surface area (Å²) in [5, 5.41) is 3.27. The van der Waals surface area contributed by atoms with Crippen molar-refractivity contribution < 1.29 is 4.39 Å². The van der Waals surface area contributed by atoms with Gasteiger partial charge in [0.25, 0.3) is 0 Å². The second kappa shape index (κ2) is 5.07. The normalized spacial score (nSPS) is 10.3. The van der Waals surface area contributed by atoms with E-state index in [2.05, 4.69) is 15.3 Å². The zero-order valence-corrected chi connectivity index (χ0v) is 9.58. The van der Waals surface area contributed by atoms with Gasteiger partial charge in [-0.3, -0.25) is 0 Å². The molecule has 0 saturated heterocycles. The molecule has 0 atom stereocenters. The Morgan fingerprint density at radius 1 is 1.35 bits per heavy atom. The Morgan fingerprint density at radius 2 is 2.18 bits per heavy atom. The van der Waals surface area contributed by atoms with E-state index in [1.807, 2.05) is 0 Å². The second-order valence-electron chi connectivity index (χ2n) is 3.31. The molecule has 0 fully saturated rings. The van der Waals surface area contributed by atoms with E-state index in [1.165, 1.54) is 18.2 Å². The van der Waals surface area contributed by atoms with Crippen molar-refractivity contribution in [2.75, 3.05) is 5.32 Å². The third-order valence-electron chi connectivity index (χ3n) is 2.08. The van der Waals surface area contributed by atoms with Gasteiger partial charge in [-0.05, 0) is 24.3 Å². The molecule has 0 aliphatic rings. The summed E-state index contributed by atoms with van der Waals surface area (Å²) in [5.41, 5.74) is 5.68. The average molecular weight is 253 g/mol. The quantitative estimate of drug-likeness (QED) is 0.881. The van der Waals surface area contributed by atoms with Crippen LogP contribution in [0.4, 0.5) is 15.9 Å². The van der Waals surface area contributed by atoms with E-state index in [1.54, 1.807) is 12.3 Å². The summed E-state index contributed by atoms with van der Waals surface area (Å²) in [7, 11) is 0. The van der Waals surface area contributed by atoms with Gasteiger partial charge in [0.2, 0.25) is 0 Å². The minimum Gasteiger partial charge on any atom is -0.338 e. The highest BCUT2D eigenvalue weighted by Crippen LogP contribution is 2.22. The molecule has 4 nitrogen and oxygen atoms in total. The minimum atomic E-state index is -0.401. The Bertz CT molecular complexity index is 533. The molecular weight excluding hydrogens is 243 g/mol. The molecule has 0 unspecified atom stereocenters. The van der Waals surface area contributed by atoms with Crippen molar-refractivity contribution in [3.8, 4) is 0 Å². The lowest BCUT2D eigenvalue weighted by molar-refractivity contribution is 0.632. The summed E-state index contributed by atoms with van der Waals surface area (Å²) in [6, 6.07) is 5.88. The number of benzene rings is 1. The van der Waals surface area contributed by atoms with Crippen molar-refractivity contribution >= 4 is 23.1 Å². The molecule has 0 aliphatic carbocycles. The Kier molecular flexibility index (Phi) is 3.51. The maximum absolute atomic E-state index is 13.4. The third-order valence-corrected chi connectivity index (χ3v) is 2.31.